The highest BCUT2D eigenvalue weighted by Crippen LogP contribution is 2.21. The summed E-state index contributed by atoms with van der Waals surface area (Å²) in [7, 11) is 5.61. The molecule has 1 aromatic carbocycles. The minimum atomic E-state index is -0.508. The van der Waals surface area contributed by atoms with Crippen molar-refractivity contribution in [1.29, 1.82) is 0 Å². The maximum Gasteiger partial charge on any atom is 0.270 e. The molecule has 0 saturated carbocycles. The first kappa shape index (κ1) is 16.9. The van der Waals surface area contributed by atoms with Gasteiger partial charge in [-0.05, 0) is 40.1 Å². The summed E-state index contributed by atoms with van der Waals surface area (Å²) in [6, 6.07) is 4.19. The summed E-state index contributed by atoms with van der Waals surface area (Å²) in [5, 5.41) is 16.6. The molecule has 0 radical (unpaired) electrons. The molecule has 0 saturated heterocycles. The van der Waals surface area contributed by atoms with Gasteiger partial charge in [-0.25, -0.2) is 0 Å². The molecule has 0 heterocycles. The number of carbonyl (C=O) groups is 1. The molecule has 1 unspecified atom stereocenters. The lowest BCUT2D eigenvalue weighted by Crippen LogP contribution is -2.35. The number of amides is 1. The number of carbonyl (C=O) groups excluding carboxylic acids is 1. The van der Waals surface area contributed by atoms with Crippen LogP contribution in [0.2, 0.25) is 0 Å². The van der Waals surface area contributed by atoms with E-state index in [1.54, 1.807) is 7.05 Å². The van der Waals surface area contributed by atoms with Crippen LogP contribution >= 0.6 is 0 Å². The number of rotatable bonds is 7. The highest BCUT2D eigenvalue weighted by atomic mass is 16.6. The number of nitrogens with one attached hydrogen (secondary N) is 2. The van der Waals surface area contributed by atoms with Crippen LogP contribution < -0.4 is 10.6 Å². The number of non-ortho nitro benzene ring substituents is 1. The van der Waals surface area contributed by atoms with Crippen LogP contribution in [0.15, 0.2) is 18.2 Å². The van der Waals surface area contributed by atoms with Crippen molar-refractivity contribution in [3.63, 3.8) is 0 Å². The summed E-state index contributed by atoms with van der Waals surface area (Å²) in [4.78, 5) is 24.6. The number of nitrogens with zero attached hydrogens (tertiary/aromatic N) is 2. The van der Waals surface area contributed by atoms with Crippen molar-refractivity contribution in [2.24, 2.45) is 0 Å². The molecule has 0 bridgehead atoms. The van der Waals surface area contributed by atoms with Gasteiger partial charge in [0.25, 0.3) is 11.6 Å². The Bertz CT molecular complexity index is 517. The predicted molar refractivity (Wildman–Crippen MR) is 82.7 cm³/mol. The van der Waals surface area contributed by atoms with E-state index in [-0.39, 0.29) is 23.2 Å². The molecule has 0 aliphatic heterocycles. The van der Waals surface area contributed by atoms with E-state index in [0.717, 1.165) is 13.0 Å². The van der Waals surface area contributed by atoms with E-state index in [4.69, 9.17) is 0 Å². The summed E-state index contributed by atoms with van der Waals surface area (Å²) >= 11 is 0. The lowest BCUT2D eigenvalue weighted by Gasteiger charge is -2.17. The lowest BCUT2D eigenvalue weighted by atomic mass is 10.1. The third-order valence-corrected chi connectivity index (χ3v) is 3.11. The number of hydrogen-bond donors (Lipinski definition) is 2. The largest absolute Gasteiger partial charge is 0.387 e. The van der Waals surface area contributed by atoms with Crippen LogP contribution in [0.25, 0.3) is 0 Å². The van der Waals surface area contributed by atoms with Gasteiger partial charge in [0.05, 0.1) is 10.5 Å². The van der Waals surface area contributed by atoms with Crippen LogP contribution in [0.3, 0.4) is 0 Å². The summed E-state index contributed by atoms with van der Waals surface area (Å²) in [5.41, 5.74) is 0.751. The average Bonchev–Trinajstić information content (AvgIpc) is 2.44. The Balaban J connectivity index is 2.85. The molecule has 0 aliphatic rings. The van der Waals surface area contributed by atoms with Crippen molar-refractivity contribution in [2.75, 3.05) is 33.0 Å². The molecule has 21 heavy (non-hydrogen) atoms. The molecule has 0 spiro atoms. The number of hydrogen-bond acceptors (Lipinski definition) is 5. The van der Waals surface area contributed by atoms with Crippen LogP contribution in [0, 0.1) is 10.1 Å². The Labute approximate surface area is 124 Å². The first-order chi connectivity index (χ1) is 9.85. The maximum atomic E-state index is 12.3. The van der Waals surface area contributed by atoms with Crippen LogP contribution in [0.1, 0.15) is 23.7 Å². The average molecular weight is 294 g/mol. The fourth-order valence-electron chi connectivity index (χ4n) is 1.88. The first-order valence-electron chi connectivity index (χ1n) is 6.77. The zero-order chi connectivity index (χ0) is 16.0. The Hall–Kier alpha value is -2.15. The van der Waals surface area contributed by atoms with Crippen LogP contribution in [0.4, 0.5) is 11.4 Å². The molecule has 1 rings (SSSR count). The smallest absolute Gasteiger partial charge is 0.270 e. The minimum absolute atomic E-state index is 0.0103. The number of anilines is 1. The SMILES string of the molecule is CNc1ccc([N+](=O)[O-])cc1C(=O)NC(C)CCN(C)C. The highest BCUT2D eigenvalue weighted by Gasteiger charge is 2.17. The number of nitro groups is 1. The van der Waals surface area contributed by atoms with E-state index in [1.807, 2.05) is 25.9 Å². The molecule has 1 aromatic rings. The number of benzene rings is 1. The molecule has 0 aromatic heterocycles. The van der Waals surface area contributed by atoms with Crippen LogP contribution in [-0.4, -0.2) is 49.5 Å². The molecule has 7 heteroatoms. The summed E-state index contributed by atoms with van der Waals surface area (Å²) in [6.45, 7) is 2.77. The van der Waals surface area contributed by atoms with Gasteiger partial charge in [0.15, 0.2) is 0 Å². The van der Waals surface area contributed by atoms with Crippen molar-refractivity contribution in [3.8, 4) is 0 Å². The second-order valence-electron chi connectivity index (χ2n) is 5.20. The Morgan fingerprint density at radius 3 is 2.62 bits per heavy atom. The van der Waals surface area contributed by atoms with E-state index in [1.165, 1.54) is 18.2 Å². The fraction of sp³-hybridized carbons (Fsp3) is 0.500. The van der Waals surface area contributed by atoms with Gasteiger partial charge >= 0.3 is 0 Å². The van der Waals surface area contributed by atoms with E-state index in [2.05, 4.69) is 10.6 Å². The topological polar surface area (TPSA) is 87.5 Å². The number of nitro benzene ring substituents is 1. The monoisotopic (exact) mass is 294 g/mol. The lowest BCUT2D eigenvalue weighted by molar-refractivity contribution is -0.384. The maximum absolute atomic E-state index is 12.3. The molecule has 0 fully saturated rings. The Morgan fingerprint density at radius 1 is 1.43 bits per heavy atom. The quantitative estimate of drug-likeness (QED) is 0.590. The van der Waals surface area contributed by atoms with E-state index in [9.17, 15) is 14.9 Å². The second-order valence-corrected chi connectivity index (χ2v) is 5.20. The first-order valence-corrected chi connectivity index (χ1v) is 6.77. The summed E-state index contributed by atoms with van der Waals surface area (Å²) in [6.07, 6.45) is 0.808. The van der Waals surface area contributed by atoms with Crippen molar-refractivity contribution in [1.82, 2.24) is 10.2 Å². The molecule has 2 N–H and O–H groups in total. The molecule has 1 atom stereocenters. The highest BCUT2D eigenvalue weighted by molar-refractivity contribution is 6.00. The standard InChI is InChI=1S/C14H22N4O3/c1-10(7-8-17(3)4)16-14(19)12-9-11(18(20)21)5-6-13(12)15-2/h5-6,9-10,15H,7-8H2,1-4H3,(H,16,19). The van der Waals surface area contributed by atoms with Crippen LogP contribution in [-0.2, 0) is 0 Å². The van der Waals surface area contributed by atoms with Gasteiger partial charge < -0.3 is 15.5 Å². The predicted octanol–water partition coefficient (Wildman–Crippen LogP) is 1.71. The Kier molecular flexibility index (Phi) is 6.10. The normalized spacial score (nSPS) is 12.0. The molecule has 116 valence electrons. The van der Waals surface area contributed by atoms with Gasteiger partial charge in [-0.15, -0.1) is 0 Å². The molecular weight excluding hydrogens is 272 g/mol. The Morgan fingerprint density at radius 2 is 2.10 bits per heavy atom. The van der Waals surface area contributed by atoms with Gasteiger partial charge in [0.1, 0.15) is 0 Å². The van der Waals surface area contributed by atoms with E-state index in [0.29, 0.717) is 5.69 Å². The molecular formula is C14H22N4O3. The van der Waals surface area contributed by atoms with E-state index < -0.39 is 4.92 Å². The zero-order valence-electron chi connectivity index (χ0n) is 12.8. The van der Waals surface area contributed by atoms with Gasteiger partial charge in [-0.1, -0.05) is 0 Å². The van der Waals surface area contributed by atoms with Gasteiger partial charge in [-0.2, -0.15) is 0 Å². The fourth-order valence-corrected chi connectivity index (χ4v) is 1.88. The molecule has 0 aliphatic carbocycles. The molecule has 1 amide bonds. The van der Waals surface area contributed by atoms with Gasteiger partial charge in [0.2, 0.25) is 0 Å². The summed E-state index contributed by atoms with van der Waals surface area (Å²) in [5.74, 6) is -0.311. The van der Waals surface area contributed by atoms with Gasteiger partial charge in [0, 0.05) is 30.9 Å². The van der Waals surface area contributed by atoms with Gasteiger partial charge in [-0.3, -0.25) is 14.9 Å². The molecule has 7 nitrogen and oxygen atoms in total. The van der Waals surface area contributed by atoms with Crippen molar-refractivity contribution < 1.29 is 9.72 Å². The zero-order valence-corrected chi connectivity index (χ0v) is 12.8. The third-order valence-electron chi connectivity index (χ3n) is 3.11. The minimum Gasteiger partial charge on any atom is -0.387 e. The van der Waals surface area contributed by atoms with Crippen molar-refractivity contribution >= 4 is 17.3 Å². The third kappa shape index (κ3) is 5.03. The van der Waals surface area contributed by atoms with Crippen molar-refractivity contribution in [3.05, 3.63) is 33.9 Å². The summed E-state index contributed by atoms with van der Waals surface area (Å²) < 4.78 is 0. The van der Waals surface area contributed by atoms with E-state index >= 15 is 0 Å². The van der Waals surface area contributed by atoms with Crippen molar-refractivity contribution in [2.45, 2.75) is 19.4 Å². The van der Waals surface area contributed by atoms with Crippen LogP contribution in [0.5, 0.6) is 0 Å². The second kappa shape index (κ2) is 7.58.